The molecule has 0 saturated heterocycles. The molecule has 0 heterocycles. The highest BCUT2D eigenvalue weighted by molar-refractivity contribution is 5.99. The van der Waals surface area contributed by atoms with Crippen LogP contribution >= 0.6 is 0 Å². The van der Waals surface area contributed by atoms with Crippen LogP contribution in [0.15, 0.2) is 36.4 Å². The molecular weight excluding hydrogens is 239 g/mol. The summed E-state index contributed by atoms with van der Waals surface area (Å²) in [4.78, 5) is 12.3. The number of halogens is 1. The van der Waals surface area contributed by atoms with Crippen LogP contribution < -0.4 is 0 Å². The molecule has 0 N–H and O–H groups in total. The van der Waals surface area contributed by atoms with Crippen LogP contribution in [0.25, 0.3) is 0 Å². The Morgan fingerprint density at radius 2 is 1.63 bits per heavy atom. The van der Waals surface area contributed by atoms with Crippen molar-refractivity contribution in [3.8, 4) is 0 Å². The number of rotatable bonds is 3. The van der Waals surface area contributed by atoms with Gasteiger partial charge in [-0.3, -0.25) is 4.79 Å². The Balaban J connectivity index is 2.34. The van der Waals surface area contributed by atoms with Gasteiger partial charge in [-0.2, -0.15) is 0 Å². The van der Waals surface area contributed by atoms with Crippen molar-refractivity contribution >= 4 is 5.78 Å². The van der Waals surface area contributed by atoms with E-state index >= 15 is 0 Å². The van der Waals surface area contributed by atoms with Gasteiger partial charge in [0.05, 0.1) is 0 Å². The van der Waals surface area contributed by atoms with Gasteiger partial charge in [-0.25, -0.2) is 4.39 Å². The predicted octanol–water partition coefficient (Wildman–Crippen LogP) is 4.18. The Kier molecular flexibility index (Phi) is 3.79. The summed E-state index contributed by atoms with van der Waals surface area (Å²) < 4.78 is 13.3. The number of aryl methyl sites for hydroxylation is 3. The summed E-state index contributed by atoms with van der Waals surface area (Å²) in [7, 11) is 0. The van der Waals surface area contributed by atoms with E-state index in [9.17, 15) is 9.18 Å². The normalized spacial score (nSPS) is 10.5. The number of carbonyl (C=O) groups excluding carboxylic acids is 1. The minimum atomic E-state index is -0.365. The molecule has 2 aromatic carbocycles. The van der Waals surface area contributed by atoms with E-state index in [4.69, 9.17) is 0 Å². The van der Waals surface area contributed by atoms with Crippen LogP contribution in [0.1, 0.15) is 32.6 Å². The van der Waals surface area contributed by atoms with E-state index in [-0.39, 0.29) is 11.6 Å². The van der Waals surface area contributed by atoms with E-state index in [2.05, 4.69) is 0 Å². The molecule has 0 atom stereocenters. The molecule has 0 aliphatic rings. The first-order valence-electron chi connectivity index (χ1n) is 6.33. The van der Waals surface area contributed by atoms with Crippen molar-refractivity contribution in [2.75, 3.05) is 0 Å². The van der Waals surface area contributed by atoms with Crippen molar-refractivity contribution in [3.05, 3.63) is 70.0 Å². The maximum atomic E-state index is 13.3. The summed E-state index contributed by atoms with van der Waals surface area (Å²) >= 11 is 0. The molecule has 19 heavy (non-hydrogen) atoms. The first kappa shape index (κ1) is 13.5. The zero-order valence-corrected chi connectivity index (χ0v) is 11.5. The average Bonchev–Trinajstić information content (AvgIpc) is 2.37. The molecule has 0 amide bonds. The van der Waals surface area contributed by atoms with Gasteiger partial charge in [-0.15, -0.1) is 0 Å². The molecule has 0 aliphatic carbocycles. The molecule has 0 aliphatic heterocycles. The lowest BCUT2D eigenvalue weighted by molar-refractivity contribution is 0.0991. The Morgan fingerprint density at radius 3 is 2.26 bits per heavy atom. The van der Waals surface area contributed by atoms with Crippen LogP contribution in [0.5, 0.6) is 0 Å². The summed E-state index contributed by atoms with van der Waals surface area (Å²) in [6.07, 6.45) is 0.322. The largest absolute Gasteiger partial charge is 0.294 e. The molecule has 0 bridgehead atoms. The molecule has 2 rings (SSSR count). The molecule has 0 aromatic heterocycles. The van der Waals surface area contributed by atoms with Gasteiger partial charge in [0.15, 0.2) is 5.78 Å². The highest BCUT2D eigenvalue weighted by Gasteiger charge is 2.13. The number of ketones is 1. The van der Waals surface area contributed by atoms with Crippen LogP contribution in [-0.4, -0.2) is 5.78 Å². The average molecular weight is 256 g/mol. The predicted molar refractivity (Wildman–Crippen MR) is 75.1 cm³/mol. The third-order valence-electron chi connectivity index (χ3n) is 3.48. The lowest BCUT2D eigenvalue weighted by Gasteiger charge is -2.10. The van der Waals surface area contributed by atoms with E-state index in [1.54, 1.807) is 6.07 Å². The molecule has 2 aromatic rings. The van der Waals surface area contributed by atoms with Crippen LogP contribution in [0.3, 0.4) is 0 Å². The van der Waals surface area contributed by atoms with Gasteiger partial charge in [0, 0.05) is 12.0 Å². The van der Waals surface area contributed by atoms with Gasteiger partial charge in [-0.05, 0) is 55.2 Å². The third kappa shape index (κ3) is 2.90. The van der Waals surface area contributed by atoms with Crippen LogP contribution in [-0.2, 0) is 6.42 Å². The minimum absolute atomic E-state index is 0.0330. The lowest BCUT2D eigenvalue weighted by Crippen LogP contribution is -2.08. The van der Waals surface area contributed by atoms with Gasteiger partial charge in [0.1, 0.15) is 5.82 Å². The van der Waals surface area contributed by atoms with Crippen molar-refractivity contribution in [1.29, 1.82) is 0 Å². The van der Waals surface area contributed by atoms with E-state index in [1.807, 2.05) is 39.0 Å². The summed E-state index contributed by atoms with van der Waals surface area (Å²) in [5.41, 5.74) is 4.53. The van der Waals surface area contributed by atoms with Gasteiger partial charge in [0.2, 0.25) is 0 Å². The smallest absolute Gasteiger partial charge is 0.167 e. The molecule has 0 unspecified atom stereocenters. The van der Waals surface area contributed by atoms with Crippen LogP contribution in [0, 0.1) is 26.6 Å². The first-order chi connectivity index (χ1) is 8.99. The molecule has 1 nitrogen and oxygen atoms in total. The number of hydrogen-bond donors (Lipinski definition) is 0. The maximum absolute atomic E-state index is 13.3. The zero-order valence-electron chi connectivity index (χ0n) is 11.5. The first-order valence-corrected chi connectivity index (χ1v) is 6.33. The Bertz CT molecular complexity index is 609. The molecule has 0 fully saturated rings. The second kappa shape index (κ2) is 5.35. The minimum Gasteiger partial charge on any atom is -0.294 e. The Labute approximate surface area is 113 Å². The van der Waals surface area contributed by atoms with Crippen molar-refractivity contribution in [3.63, 3.8) is 0 Å². The van der Waals surface area contributed by atoms with E-state index in [0.29, 0.717) is 12.0 Å². The second-order valence-corrected chi connectivity index (χ2v) is 4.93. The molecule has 98 valence electrons. The standard InChI is InChI=1S/C17H17FO/c1-11-5-4-6-12(2)15(11)10-17(19)16-9-14(18)8-7-13(16)3/h4-9H,10H2,1-3H3. The number of hydrogen-bond acceptors (Lipinski definition) is 1. The van der Waals surface area contributed by atoms with Crippen molar-refractivity contribution in [1.82, 2.24) is 0 Å². The Hall–Kier alpha value is -1.96. The van der Waals surface area contributed by atoms with Gasteiger partial charge < -0.3 is 0 Å². The third-order valence-corrected chi connectivity index (χ3v) is 3.48. The second-order valence-electron chi connectivity index (χ2n) is 4.93. The van der Waals surface area contributed by atoms with E-state index in [1.165, 1.54) is 12.1 Å². The fraction of sp³-hybridized carbons (Fsp3) is 0.235. The molecule has 0 saturated carbocycles. The van der Waals surface area contributed by atoms with Crippen LogP contribution in [0.4, 0.5) is 4.39 Å². The highest BCUT2D eigenvalue weighted by atomic mass is 19.1. The topological polar surface area (TPSA) is 17.1 Å². The van der Waals surface area contributed by atoms with Gasteiger partial charge in [0.25, 0.3) is 0 Å². The molecule has 0 spiro atoms. The monoisotopic (exact) mass is 256 g/mol. The maximum Gasteiger partial charge on any atom is 0.167 e. The van der Waals surface area contributed by atoms with Gasteiger partial charge in [-0.1, -0.05) is 24.3 Å². The SMILES string of the molecule is Cc1ccc(F)cc1C(=O)Cc1c(C)cccc1C. The van der Waals surface area contributed by atoms with E-state index < -0.39 is 0 Å². The fourth-order valence-corrected chi connectivity index (χ4v) is 2.28. The van der Waals surface area contributed by atoms with Crippen LogP contribution in [0.2, 0.25) is 0 Å². The summed E-state index contributed by atoms with van der Waals surface area (Å²) in [6, 6.07) is 10.3. The fourth-order valence-electron chi connectivity index (χ4n) is 2.28. The lowest BCUT2D eigenvalue weighted by atomic mass is 9.94. The van der Waals surface area contributed by atoms with Crippen molar-refractivity contribution in [2.45, 2.75) is 27.2 Å². The van der Waals surface area contributed by atoms with Gasteiger partial charge >= 0.3 is 0 Å². The molecule has 2 heteroatoms. The summed E-state index contributed by atoms with van der Waals surface area (Å²) in [5, 5.41) is 0. The quantitative estimate of drug-likeness (QED) is 0.753. The van der Waals surface area contributed by atoms with E-state index in [0.717, 1.165) is 22.3 Å². The number of carbonyl (C=O) groups is 1. The summed E-state index contributed by atoms with van der Waals surface area (Å²) in [5.74, 6) is -0.398. The molecule has 0 radical (unpaired) electrons. The van der Waals surface area contributed by atoms with Crippen molar-refractivity contribution < 1.29 is 9.18 Å². The van der Waals surface area contributed by atoms with Crippen molar-refractivity contribution in [2.24, 2.45) is 0 Å². The number of Topliss-reactive ketones (excluding diaryl/α,β-unsaturated/α-hetero) is 1. The highest BCUT2D eigenvalue weighted by Crippen LogP contribution is 2.18. The summed E-state index contributed by atoms with van der Waals surface area (Å²) in [6.45, 7) is 5.82. The number of benzene rings is 2. The Morgan fingerprint density at radius 1 is 1.00 bits per heavy atom. The molecular formula is C17H17FO. The zero-order chi connectivity index (χ0) is 14.0.